The van der Waals surface area contributed by atoms with Gasteiger partial charge in [-0.25, -0.2) is 9.13 Å². The van der Waals surface area contributed by atoms with Gasteiger partial charge in [-0.3, -0.25) is 0 Å². The maximum absolute atomic E-state index is 3.45. The highest BCUT2D eigenvalue weighted by atomic mass is 15.1. The van der Waals surface area contributed by atoms with Crippen molar-refractivity contribution < 1.29 is 9.13 Å². The molecule has 0 radical (unpaired) electrons. The summed E-state index contributed by atoms with van der Waals surface area (Å²) in [5, 5.41) is 2.56. The Balaban J connectivity index is 1.59. The van der Waals surface area contributed by atoms with Gasteiger partial charge in [0, 0.05) is 5.56 Å². The average Bonchev–Trinajstić information content (AvgIpc) is 2.83. The molecule has 0 N–H and O–H groups in total. The van der Waals surface area contributed by atoms with E-state index in [-0.39, 0.29) is 5.41 Å². The van der Waals surface area contributed by atoms with Gasteiger partial charge in [-0.1, -0.05) is 99.6 Å². The normalized spacial score (nSPS) is 11.6. The summed E-state index contributed by atoms with van der Waals surface area (Å²) >= 11 is 0. The van der Waals surface area contributed by atoms with Crippen LogP contribution in [0, 0.1) is 6.33 Å². The molecule has 1 aromatic heterocycles. The number of fused-ring (bicyclic) bond motifs is 1. The number of rotatable bonds is 3. The molecule has 0 spiro atoms. The van der Waals surface area contributed by atoms with Crippen molar-refractivity contribution in [2.75, 3.05) is 0 Å². The summed E-state index contributed by atoms with van der Waals surface area (Å²) in [6.45, 7) is 6.83. The highest BCUT2D eigenvalue weighted by Gasteiger charge is 2.20. The molecule has 0 bridgehead atoms. The lowest BCUT2D eigenvalue weighted by Gasteiger charge is -2.22. The van der Waals surface area contributed by atoms with Crippen molar-refractivity contribution in [3.05, 3.63) is 115 Å². The van der Waals surface area contributed by atoms with E-state index in [1.807, 2.05) is 11.6 Å². The van der Waals surface area contributed by atoms with Crippen molar-refractivity contribution in [1.29, 1.82) is 0 Å². The van der Waals surface area contributed by atoms with Gasteiger partial charge in [0.05, 0.1) is 0 Å². The fourth-order valence-corrected chi connectivity index (χ4v) is 4.43. The molecule has 0 saturated carbocycles. The lowest BCUT2D eigenvalue weighted by molar-refractivity contribution is -0.781. The summed E-state index contributed by atoms with van der Waals surface area (Å²) in [5.41, 5.74) is 7.31. The molecule has 0 aliphatic heterocycles. The topological polar surface area (TPSA) is 7.76 Å². The van der Waals surface area contributed by atoms with Crippen LogP contribution in [0.1, 0.15) is 26.3 Å². The third-order valence-electron chi connectivity index (χ3n) is 6.12. The molecular weight excluding hydrogens is 400 g/mol. The smallest absolute Gasteiger partial charge is 0.223 e. The lowest BCUT2D eigenvalue weighted by Crippen LogP contribution is -2.44. The maximum atomic E-state index is 3.45. The van der Waals surface area contributed by atoms with Crippen molar-refractivity contribution in [1.82, 2.24) is 0 Å². The molecular formula is C31H29N2+. The van der Waals surface area contributed by atoms with Crippen molar-refractivity contribution in [3.63, 3.8) is 0 Å². The van der Waals surface area contributed by atoms with Gasteiger partial charge in [0.15, 0.2) is 0 Å². The summed E-state index contributed by atoms with van der Waals surface area (Å²) in [6, 6.07) is 32.5. The van der Waals surface area contributed by atoms with Crippen LogP contribution < -0.4 is 9.13 Å². The van der Waals surface area contributed by atoms with Crippen LogP contribution in [0.3, 0.4) is 0 Å². The zero-order valence-electron chi connectivity index (χ0n) is 19.7. The fraction of sp³-hybridized carbons (Fsp3) is 0.161. The van der Waals surface area contributed by atoms with E-state index in [1.54, 1.807) is 0 Å². The van der Waals surface area contributed by atoms with Gasteiger partial charge in [0.25, 0.3) is 0 Å². The van der Waals surface area contributed by atoms with E-state index < -0.39 is 0 Å². The molecule has 162 valence electrons. The molecule has 0 amide bonds. The quantitative estimate of drug-likeness (QED) is 0.232. The Bertz CT molecular complexity index is 1430. The van der Waals surface area contributed by atoms with Crippen LogP contribution >= 0.6 is 0 Å². The molecule has 2 heteroatoms. The van der Waals surface area contributed by atoms with E-state index in [0.717, 1.165) is 11.3 Å². The van der Waals surface area contributed by atoms with E-state index >= 15 is 0 Å². The molecule has 4 aromatic carbocycles. The second-order valence-electron chi connectivity index (χ2n) is 9.70. The Kier molecular flexibility index (Phi) is 5.30. The number of aromatic nitrogens is 2. The molecule has 1 heterocycles. The first kappa shape index (κ1) is 21.1. The first-order chi connectivity index (χ1) is 15.9. The van der Waals surface area contributed by atoms with Gasteiger partial charge in [-0.15, -0.1) is 0 Å². The number of aryl methyl sites for hydroxylation is 1. The summed E-state index contributed by atoms with van der Waals surface area (Å²) in [5.74, 6) is 0. The minimum Gasteiger partial charge on any atom is -0.223 e. The van der Waals surface area contributed by atoms with E-state index in [9.17, 15) is 0 Å². The number of benzene rings is 4. The SMILES string of the molecule is C[n+]1[c-][n+](-c2cc(C(C)(C)C)c3ccccc3c2)cc(-c2ccc(-c3ccccc3)cc2)c1. The van der Waals surface area contributed by atoms with Crippen molar-refractivity contribution in [3.8, 4) is 27.9 Å². The first-order valence-corrected chi connectivity index (χ1v) is 11.4. The zero-order valence-corrected chi connectivity index (χ0v) is 19.7. The third kappa shape index (κ3) is 4.29. The fourth-order valence-electron chi connectivity index (χ4n) is 4.43. The van der Waals surface area contributed by atoms with Crippen molar-refractivity contribution in [2.24, 2.45) is 7.05 Å². The minimum atomic E-state index is 0.0449. The molecule has 2 nitrogen and oxygen atoms in total. The van der Waals surface area contributed by atoms with Crippen LogP contribution in [0.15, 0.2) is 103 Å². The van der Waals surface area contributed by atoms with E-state index in [1.165, 1.54) is 33.0 Å². The van der Waals surface area contributed by atoms with Crippen LogP contribution in [-0.4, -0.2) is 0 Å². The molecule has 5 rings (SSSR count). The summed E-state index contributed by atoms with van der Waals surface area (Å²) in [7, 11) is 2.03. The molecule has 33 heavy (non-hydrogen) atoms. The van der Waals surface area contributed by atoms with Crippen LogP contribution in [0.2, 0.25) is 0 Å². The molecule has 0 unspecified atom stereocenters. The van der Waals surface area contributed by atoms with Gasteiger partial charge < -0.3 is 0 Å². The molecule has 0 aliphatic rings. The second kappa shape index (κ2) is 8.29. The maximum Gasteiger partial charge on any atom is 0.464 e. The van der Waals surface area contributed by atoms with E-state index in [2.05, 4.69) is 135 Å². The van der Waals surface area contributed by atoms with Gasteiger partial charge in [0.2, 0.25) is 0 Å². The van der Waals surface area contributed by atoms with E-state index in [4.69, 9.17) is 0 Å². The number of hydrogen-bond acceptors (Lipinski definition) is 0. The van der Waals surface area contributed by atoms with Gasteiger partial charge in [0.1, 0.15) is 25.1 Å². The van der Waals surface area contributed by atoms with Gasteiger partial charge in [-0.2, -0.15) is 0 Å². The highest BCUT2D eigenvalue weighted by Crippen LogP contribution is 2.31. The Hall–Kier alpha value is -3.78. The predicted octanol–water partition coefficient (Wildman–Crippen LogP) is 6.37. The Morgan fingerprint density at radius 1 is 0.636 bits per heavy atom. The predicted molar refractivity (Wildman–Crippen MR) is 135 cm³/mol. The van der Waals surface area contributed by atoms with Crippen LogP contribution in [-0.2, 0) is 12.5 Å². The van der Waals surface area contributed by atoms with E-state index in [0.29, 0.717) is 0 Å². The number of nitrogens with zero attached hydrogens (tertiary/aromatic N) is 2. The second-order valence-corrected chi connectivity index (χ2v) is 9.70. The number of hydrogen-bond donors (Lipinski definition) is 0. The Morgan fingerprint density at radius 2 is 1.24 bits per heavy atom. The lowest BCUT2D eigenvalue weighted by atomic mass is 9.83. The summed E-state index contributed by atoms with van der Waals surface area (Å²) in [6.07, 6.45) is 7.75. The molecule has 0 fully saturated rings. The zero-order chi connectivity index (χ0) is 23.0. The molecule has 0 saturated heterocycles. The largest absolute Gasteiger partial charge is 0.464 e. The van der Waals surface area contributed by atoms with Crippen molar-refractivity contribution in [2.45, 2.75) is 26.2 Å². The minimum absolute atomic E-state index is 0.0449. The monoisotopic (exact) mass is 429 g/mol. The summed E-state index contributed by atoms with van der Waals surface area (Å²) in [4.78, 5) is 0. The molecule has 0 aliphatic carbocycles. The summed E-state index contributed by atoms with van der Waals surface area (Å²) < 4.78 is 4.12. The Morgan fingerprint density at radius 3 is 1.94 bits per heavy atom. The third-order valence-corrected chi connectivity index (χ3v) is 6.12. The van der Waals surface area contributed by atoms with Crippen LogP contribution in [0.5, 0.6) is 0 Å². The van der Waals surface area contributed by atoms with Gasteiger partial charge in [-0.05, 0) is 50.6 Å². The van der Waals surface area contributed by atoms with Gasteiger partial charge >= 0.3 is 6.33 Å². The highest BCUT2D eigenvalue weighted by molar-refractivity contribution is 5.88. The van der Waals surface area contributed by atoms with Crippen LogP contribution in [0.25, 0.3) is 38.7 Å². The average molecular weight is 430 g/mol. The first-order valence-electron chi connectivity index (χ1n) is 11.4. The molecule has 5 aromatic rings. The Labute approximate surface area is 196 Å². The molecule has 0 atom stereocenters. The standard InChI is InChI=1S/C31H29N2/c1-31(2,3)30-19-28(18-26-12-8-9-13-29(26)30)33-21-27(20-32(4)22-33)25-16-14-24(15-17-25)23-10-6-5-7-11-23/h5-21H,1-4H3/q+1. The van der Waals surface area contributed by atoms with Crippen LogP contribution in [0.4, 0.5) is 0 Å². The van der Waals surface area contributed by atoms with Crippen molar-refractivity contribution >= 4 is 10.8 Å².